The van der Waals surface area contributed by atoms with E-state index in [1.165, 1.54) is 22.3 Å². The van der Waals surface area contributed by atoms with Crippen molar-refractivity contribution in [3.05, 3.63) is 46.6 Å². The zero-order chi connectivity index (χ0) is 23.4. The Labute approximate surface area is 194 Å². The largest absolute Gasteiger partial charge is 0.392 e. The molecule has 7 atom stereocenters. The second-order valence-corrected chi connectivity index (χ2v) is 13.1. The van der Waals surface area contributed by atoms with E-state index in [1.54, 1.807) is 5.57 Å². The number of ketones is 1. The zero-order valence-corrected chi connectivity index (χ0v) is 21.3. The van der Waals surface area contributed by atoms with Crippen LogP contribution in [-0.2, 0) is 4.79 Å². The number of fused-ring (bicyclic) bond motifs is 6. The highest BCUT2D eigenvalue weighted by atomic mass is 16.3. The van der Waals surface area contributed by atoms with Crippen molar-refractivity contribution in [3.63, 3.8) is 0 Å². The lowest BCUT2D eigenvalue weighted by atomic mass is 9.40. The van der Waals surface area contributed by atoms with Gasteiger partial charge < -0.3 is 5.11 Å². The fraction of sp³-hybridized carbons (Fsp3) is 0.700. The van der Waals surface area contributed by atoms with Gasteiger partial charge in [0.25, 0.3) is 0 Å². The molecule has 0 radical (unpaired) electrons. The Bertz CT molecular complexity index is 1010. The molecule has 0 unspecified atom stereocenters. The molecule has 2 heteroatoms. The second-order valence-electron chi connectivity index (χ2n) is 13.1. The quantitative estimate of drug-likeness (QED) is 0.453. The lowest BCUT2D eigenvalue weighted by Gasteiger charge is -2.63. The average molecular weight is 435 g/mol. The predicted octanol–water partition coefficient (Wildman–Crippen LogP) is 6.96. The van der Waals surface area contributed by atoms with Gasteiger partial charge in [-0.3, -0.25) is 4.79 Å². The van der Waals surface area contributed by atoms with Gasteiger partial charge in [0.1, 0.15) is 5.78 Å². The first-order valence-electron chi connectivity index (χ1n) is 12.8. The summed E-state index contributed by atoms with van der Waals surface area (Å²) in [6.45, 7) is 20.4. The summed E-state index contributed by atoms with van der Waals surface area (Å²) in [5.74, 6) is 1.32. The fourth-order valence-electron chi connectivity index (χ4n) is 9.33. The van der Waals surface area contributed by atoms with Crippen LogP contribution in [0.3, 0.4) is 0 Å². The van der Waals surface area contributed by atoms with Crippen LogP contribution >= 0.6 is 0 Å². The molecule has 5 rings (SSSR count). The van der Waals surface area contributed by atoms with Crippen LogP contribution in [0.1, 0.15) is 87.0 Å². The van der Waals surface area contributed by atoms with Crippen LogP contribution in [0.2, 0.25) is 0 Å². The van der Waals surface area contributed by atoms with E-state index in [4.69, 9.17) is 0 Å². The Morgan fingerprint density at radius 1 is 1.09 bits per heavy atom. The monoisotopic (exact) mass is 434 g/mol. The number of hydrogen-bond acceptors (Lipinski definition) is 2. The lowest BCUT2D eigenvalue weighted by molar-refractivity contribution is -0.153. The molecule has 0 spiro atoms. The van der Waals surface area contributed by atoms with Gasteiger partial charge in [-0.05, 0) is 68.3 Å². The van der Waals surface area contributed by atoms with Gasteiger partial charge in [-0.25, -0.2) is 0 Å². The molecular weight excluding hydrogens is 392 g/mol. The molecule has 0 aromatic heterocycles. The molecule has 32 heavy (non-hydrogen) atoms. The van der Waals surface area contributed by atoms with Crippen molar-refractivity contribution < 1.29 is 9.90 Å². The van der Waals surface area contributed by atoms with Gasteiger partial charge in [-0.15, -0.1) is 0 Å². The number of aliphatic hydroxyl groups is 1. The van der Waals surface area contributed by atoms with Crippen molar-refractivity contribution in [3.8, 4) is 0 Å². The highest BCUT2D eigenvalue weighted by molar-refractivity contribution is 5.86. The molecule has 0 aliphatic heterocycles. The molecule has 2 saturated carbocycles. The van der Waals surface area contributed by atoms with E-state index in [-0.39, 0.29) is 33.7 Å². The van der Waals surface area contributed by atoms with Gasteiger partial charge in [-0.2, -0.15) is 0 Å². The second kappa shape index (κ2) is 6.59. The van der Waals surface area contributed by atoms with Crippen molar-refractivity contribution in [2.45, 2.75) is 93.1 Å². The Kier molecular flexibility index (Phi) is 4.61. The molecule has 5 aliphatic rings. The summed E-state index contributed by atoms with van der Waals surface area (Å²) in [5, 5.41) is 10.8. The number of allylic oxidation sites excluding steroid dienone is 6. The maximum atomic E-state index is 14.1. The smallest absolute Gasteiger partial charge is 0.138 e. The number of hydrogen-bond donors (Lipinski definition) is 1. The van der Waals surface area contributed by atoms with Gasteiger partial charge in [0.05, 0.1) is 6.10 Å². The Morgan fingerprint density at radius 2 is 1.78 bits per heavy atom. The molecule has 2 nitrogen and oxygen atoms in total. The van der Waals surface area contributed by atoms with Crippen molar-refractivity contribution in [1.82, 2.24) is 0 Å². The van der Waals surface area contributed by atoms with Crippen molar-refractivity contribution >= 4 is 5.78 Å². The molecule has 0 bridgehead atoms. The number of rotatable bonds is 1. The number of Topliss-reactive ketones (excluding diaryl/α,β-unsaturated/α-hetero) is 1. The third-order valence-electron chi connectivity index (χ3n) is 11.2. The van der Waals surface area contributed by atoms with Crippen LogP contribution in [0.5, 0.6) is 0 Å². The van der Waals surface area contributed by atoms with Crippen molar-refractivity contribution in [2.24, 2.45) is 39.4 Å². The summed E-state index contributed by atoms with van der Waals surface area (Å²) in [7, 11) is 0. The minimum absolute atomic E-state index is 0.0706. The van der Waals surface area contributed by atoms with Gasteiger partial charge in [0.15, 0.2) is 0 Å². The van der Waals surface area contributed by atoms with Crippen LogP contribution in [0.15, 0.2) is 46.6 Å². The fourth-order valence-corrected chi connectivity index (χ4v) is 9.33. The maximum absolute atomic E-state index is 14.1. The molecule has 2 fully saturated rings. The van der Waals surface area contributed by atoms with E-state index >= 15 is 0 Å². The first-order chi connectivity index (χ1) is 14.8. The van der Waals surface area contributed by atoms with Gasteiger partial charge >= 0.3 is 0 Å². The summed E-state index contributed by atoms with van der Waals surface area (Å²) < 4.78 is 0. The number of aliphatic hydroxyl groups excluding tert-OH is 1. The lowest BCUT2D eigenvalue weighted by Crippen LogP contribution is -2.60. The molecule has 0 aromatic carbocycles. The van der Waals surface area contributed by atoms with Gasteiger partial charge in [0.2, 0.25) is 0 Å². The minimum atomic E-state index is -0.317. The summed E-state index contributed by atoms with van der Waals surface area (Å²) in [6, 6.07) is 0. The van der Waals surface area contributed by atoms with E-state index in [0.29, 0.717) is 24.0 Å². The number of carbonyl (C=O) groups excluding carboxylic acids is 1. The molecule has 174 valence electrons. The standard InChI is InChI=1S/C30H42O2/c1-17(2)19-10-9-18(3)25-20(19)15-29(7)21-11-12-23-27(4,5)24(32)13-14-28(23,6)26(21)22(31)16-30(25,29)8/h9,12,19,21,24,26,32H,1,10-11,13-16H2,2-8H3/t19-,21-,24-,26+,28-,29+,30+/m0/s1. The van der Waals surface area contributed by atoms with Gasteiger partial charge in [0, 0.05) is 29.1 Å². The molecule has 0 heterocycles. The molecule has 1 N–H and O–H groups in total. The maximum Gasteiger partial charge on any atom is 0.138 e. The van der Waals surface area contributed by atoms with E-state index in [1.807, 2.05) is 0 Å². The minimum Gasteiger partial charge on any atom is -0.392 e. The topological polar surface area (TPSA) is 37.3 Å². The summed E-state index contributed by atoms with van der Waals surface area (Å²) in [5.41, 5.74) is 6.67. The van der Waals surface area contributed by atoms with E-state index in [9.17, 15) is 9.90 Å². The van der Waals surface area contributed by atoms with Crippen LogP contribution in [0.25, 0.3) is 0 Å². The third kappa shape index (κ3) is 2.48. The molecule has 0 saturated heterocycles. The van der Waals surface area contributed by atoms with E-state index in [2.05, 4.69) is 67.2 Å². The summed E-state index contributed by atoms with van der Waals surface area (Å²) in [4.78, 5) is 14.1. The first kappa shape index (κ1) is 22.4. The number of carbonyl (C=O) groups is 1. The van der Waals surface area contributed by atoms with Crippen molar-refractivity contribution in [2.75, 3.05) is 0 Å². The highest BCUT2D eigenvalue weighted by Gasteiger charge is 2.68. The van der Waals surface area contributed by atoms with Crippen LogP contribution in [-0.4, -0.2) is 17.0 Å². The Hall–Kier alpha value is -1.41. The Morgan fingerprint density at radius 3 is 2.44 bits per heavy atom. The average Bonchev–Trinajstić information content (AvgIpc) is 2.93. The molecular formula is C30H42O2. The predicted molar refractivity (Wildman–Crippen MR) is 131 cm³/mol. The van der Waals surface area contributed by atoms with Gasteiger partial charge in [-0.1, -0.05) is 75.6 Å². The highest BCUT2D eigenvalue weighted by Crippen LogP contribution is 2.73. The molecule has 0 amide bonds. The first-order valence-corrected chi connectivity index (χ1v) is 12.8. The SMILES string of the molecule is C=C(C)[C@@H]1CC=C(C)C2=C1C[C@]1(C)[C@H]3CC=C4C(C)(C)[C@@H](O)CC[C@]4(C)[C@H]3C(=O)C[C@]21C. The summed E-state index contributed by atoms with van der Waals surface area (Å²) >= 11 is 0. The van der Waals surface area contributed by atoms with Crippen LogP contribution in [0, 0.1) is 39.4 Å². The normalized spacial score (nSPS) is 47.1. The third-order valence-corrected chi connectivity index (χ3v) is 11.2. The molecule has 0 aromatic rings. The van der Waals surface area contributed by atoms with Crippen molar-refractivity contribution in [1.29, 1.82) is 0 Å². The molecule has 5 aliphatic carbocycles. The van der Waals surface area contributed by atoms with Crippen LogP contribution < -0.4 is 0 Å². The van der Waals surface area contributed by atoms with E-state index < -0.39 is 0 Å². The Balaban J connectivity index is 1.65. The van der Waals surface area contributed by atoms with E-state index in [0.717, 1.165) is 32.1 Å². The zero-order valence-electron chi connectivity index (χ0n) is 21.3. The van der Waals surface area contributed by atoms with Crippen LogP contribution in [0.4, 0.5) is 0 Å². The summed E-state index contributed by atoms with van der Waals surface area (Å²) in [6.07, 6.45) is 10.0.